The number of benzene rings is 1. The van der Waals surface area contributed by atoms with Gasteiger partial charge in [0.1, 0.15) is 22.6 Å². The molecule has 1 amide bonds. The highest BCUT2D eigenvalue weighted by Crippen LogP contribution is 2.41. The third kappa shape index (κ3) is 3.86. The van der Waals surface area contributed by atoms with E-state index in [9.17, 15) is 9.18 Å². The molecule has 0 saturated carbocycles. The van der Waals surface area contributed by atoms with Crippen LogP contribution in [0.1, 0.15) is 23.0 Å². The Morgan fingerprint density at radius 3 is 2.97 bits per heavy atom. The van der Waals surface area contributed by atoms with Crippen molar-refractivity contribution in [2.45, 2.75) is 25.5 Å². The molecule has 2 atom stereocenters. The van der Waals surface area contributed by atoms with Crippen molar-refractivity contribution in [3.8, 4) is 6.01 Å². The number of amides is 1. The number of hydrogen-bond donors (Lipinski definition) is 3. The Hall–Kier alpha value is -3.57. The predicted octanol–water partition coefficient (Wildman–Crippen LogP) is 3.83. The fraction of sp³-hybridized carbons (Fsp3) is 0.304. The van der Waals surface area contributed by atoms with Gasteiger partial charge in [0.05, 0.1) is 24.4 Å². The number of anilines is 3. The molecule has 6 rings (SSSR count). The summed E-state index contributed by atoms with van der Waals surface area (Å²) in [5, 5.41) is 11.4. The van der Waals surface area contributed by atoms with Gasteiger partial charge in [-0.15, -0.1) is 11.3 Å². The number of pyridine rings is 1. The molecule has 9 nitrogen and oxygen atoms in total. The molecule has 174 valence electrons. The van der Waals surface area contributed by atoms with Gasteiger partial charge >= 0.3 is 6.01 Å². The minimum absolute atomic E-state index is 0.0365. The lowest BCUT2D eigenvalue weighted by atomic mass is 10.1. The predicted molar refractivity (Wildman–Crippen MR) is 128 cm³/mol. The van der Waals surface area contributed by atoms with Crippen molar-refractivity contribution in [1.29, 1.82) is 0 Å². The van der Waals surface area contributed by atoms with Gasteiger partial charge in [0, 0.05) is 40.5 Å². The van der Waals surface area contributed by atoms with Crippen LogP contribution in [0.5, 0.6) is 6.01 Å². The molecule has 1 aromatic carbocycles. The summed E-state index contributed by atoms with van der Waals surface area (Å²) in [6.07, 6.45) is 0.528. The van der Waals surface area contributed by atoms with Crippen LogP contribution in [-0.4, -0.2) is 52.8 Å². The minimum atomic E-state index is -0.701. The second kappa shape index (κ2) is 8.33. The normalized spacial score (nSPS) is 20.0. The number of halogens is 1. The highest BCUT2D eigenvalue weighted by Gasteiger charge is 2.25. The van der Waals surface area contributed by atoms with E-state index >= 15 is 0 Å². The molecule has 1 saturated heterocycles. The van der Waals surface area contributed by atoms with Crippen molar-refractivity contribution in [3.05, 3.63) is 41.2 Å². The van der Waals surface area contributed by atoms with E-state index in [2.05, 4.69) is 25.9 Å². The van der Waals surface area contributed by atoms with Gasteiger partial charge < -0.3 is 25.4 Å². The standard InChI is InChI=1S/C23H21FN6O3S/c1-11-9-25-20-19-13-2-5-17(27-14(13)3-4-15(19)34-21(20)22(31)26-11)29-18-8-16(24)28-23(30-18)33-12-6-7-32-10-12/h2-5,8,11-12,25H,6-7,9-10H2,1H3,(H,26,31)(H,27,28,29,30)/t11-,12-/m1/s1. The molecule has 1 fully saturated rings. The summed E-state index contributed by atoms with van der Waals surface area (Å²) >= 11 is 1.46. The van der Waals surface area contributed by atoms with Gasteiger partial charge in [0.15, 0.2) is 0 Å². The van der Waals surface area contributed by atoms with Gasteiger partial charge in [-0.1, -0.05) is 0 Å². The number of aromatic nitrogens is 3. The number of fused-ring (bicyclic) bond motifs is 5. The molecule has 3 aromatic heterocycles. The van der Waals surface area contributed by atoms with Crippen molar-refractivity contribution in [1.82, 2.24) is 20.3 Å². The summed E-state index contributed by atoms with van der Waals surface area (Å²) in [6, 6.07) is 8.81. The van der Waals surface area contributed by atoms with Gasteiger partial charge in [-0.25, -0.2) is 4.98 Å². The number of ether oxygens (including phenoxy) is 2. The van der Waals surface area contributed by atoms with Gasteiger partial charge in [0.2, 0.25) is 5.95 Å². The van der Waals surface area contributed by atoms with E-state index in [1.807, 2.05) is 25.1 Å². The number of nitrogens with zero attached hydrogens (tertiary/aromatic N) is 3. The van der Waals surface area contributed by atoms with E-state index < -0.39 is 5.95 Å². The van der Waals surface area contributed by atoms with E-state index in [4.69, 9.17) is 14.5 Å². The number of nitrogens with one attached hydrogen (secondary N) is 3. The number of carbonyl (C=O) groups excluding carboxylic acids is 1. The molecular formula is C23H21FN6O3S. The summed E-state index contributed by atoms with van der Waals surface area (Å²) in [6.45, 7) is 3.65. The molecule has 0 spiro atoms. The zero-order valence-electron chi connectivity index (χ0n) is 18.2. The second-order valence-corrected chi connectivity index (χ2v) is 9.40. The van der Waals surface area contributed by atoms with Crippen molar-refractivity contribution in [2.24, 2.45) is 0 Å². The van der Waals surface area contributed by atoms with E-state index in [0.717, 1.165) is 26.7 Å². The Morgan fingerprint density at radius 1 is 1.21 bits per heavy atom. The summed E-state index contributed by atoms with van der Waals surface area (Å²) < 4.78 is 26.0. The van der Waals surface area contributed by atoms with Crippen LogP contribution in [0.2, 0.25) is 0 Å². The first-order chi connectivity index (χ1) is 16.5. The molecule has 0 bridgehead atoms. The van der Waals surface area contributed by atoms with Crippen LogP contribution in [0.3, 0.4) is 0 Å². The van der Waals surface area contributed by atoms with Gasteiger partial charge in [-0.05, 0) is 31.2 Å². The number of rotatable bonds is 4. The first-order valence-corrected chi connectivity index (χ1v) is 11.8. The average molecular weight is 481 g/mol. The highest BCUT2D eigenvalue weighted by molar-refractivity contribution is 7.21. The SMILES string of the molecule is C[C@@H]1CNc2c(sc3ccc4nc(Nc5cc(F)nc(O[C@@H]6CCOC6)n5)ccc4c23)C(=O)N1. The van der Waals surface area contributed by atoms with Crippen LogP contribution in [0.25, 0.3) is 21.0 Å². The number of hydrogen-bond acceptors (Lipinski definition) is 9. The molecule has 3 N–H and O–H groups in total. The minimum Gasteiger partial charge on any atom is -0.457 e. The molecule has 0 aliphatic carbocycles. The average Bonchev–Trinajstić information content (AvgIpc) is 3.42. The topological polar surface area (TPSA) is 110 Å². The Labute approximate surface area is 197 Å². The number of carbonyl (C=O) groups is 1. The quantitative estimate of drug-likeness (QED) is 0.378. The lowest BCUT2D eigenvalue weighted by Gasteiger charge is -2.12. The largest absolute Gasteiger partial charge is 0.457 e. The summed E-state index contributed by atoms with van der Waals surface area (Å²) in [7, 11) is 0. The van der Waals surface area contributed by atoms with Gasteiger partial charge in [0.25, 0.3) is 5.91 Å². The maximum absolute atomic E-state index is 14.1. The van der Waals surface area contributed by atoms with E-state index in [1.54, 1.807) is 6.07 Å². The molecule has 4 aromatic rings. The monoisotopic (exact) mass is 480 g/mol. The van der Waals surface area contributed by atoms with Gasteiger partial charge in [-0.2, -0.15) is 14.4 Å². The molecule has 0 unspecified atom stereocenters. The third-order valence-corrected chi connectivity index (χ3v) is 6.94. The Morgan fingerprint density at radius 2 is 2.12 bits per heavy atom. The lowest BCUT2D eigenvalue weighted by Crippen LogP contribution is -2.34. The van der Waals surface area contributed by atoms with Crippen molar-refractivity contribution in [2.75, 3.05) is 30.4 Å². The van der Waals surface area contributed by atoms with Crippen molar-refractivity contribution in [3.63, 3.8) is 0 Å². The molecular weight excluding hydrogens is 459 g/mol. The van der Waals surface area contributed by atoms with Crippen LogP contribution in [0.15, 0.2) is 30.3 Å². The highest BCUT2D eigenvalue weighted by atomic mass is 32.1. The van der Waals surface area contributed by atoms with E-state index in [1.165, 1.54) is 17.4 Å². The van der Waals surface area contributed by atoms with Crippen LogP contribution in [0.4, 0.5) is 21.7 Å². The van der Waals surface area contributed by atoms with E-state index in [-0.39, 0.29) is 29.9 Å². The lowest BCUT2D eigenvalue weighted by molar-refractivity contribution is 0.0949. The smallest absolute Gasteiger partial charge is 0.321 e. The zero-order chi connectivity index (χ0) is 23.2. The molecule has 34 heavy (non-hydrogen) atoms. The fourth-order valence-corrected chi connectivity index (χ4v) is 5.29. The Bertz CT molecular complexity index is 1420. The van der Waals surface area contributed by atoms with Crippen molar-refractivity contribution >= 4 is 55.6 Å². The van der Waals surface area contributed by atoms with Gasteiger partial charge in [-0.3, -0.25) is 4.79 Å². The Kier molecular flexibility index (Phi) is 5.15. The summed E-state index contributed by atoms with van der Waals surface area (Å²) in [5.41, 5.74) is 1.58. The maximum atomic E-state index is 14.1. The second-order valence-electron chi connectivity index (χ2n) is 8.35. The zero-order valence-corrected chi connectivity index (χ0v) is 19.0. The third-order valence-electron chi connectivity index (χ3n) is 5.78. The summed E-state index contributed by atoms with van der Waals surface area (Å²) in [5.74, 6) is -0.0265. The molecule has 11 heteroatoms. The number of thiophene rings is 1. The fourth-order valence-electron chi connectivity index (χ4n) is 4.19. The van der Waals surface area contributed by atoms with Crippen molar-refractivity contribution < 1.29 is 18.7 Å². The molecule has 0 radical (unpaired) electrons. The molecule has 2 aliphatic heterocycles. The van der Waals surface area contributed by atoms with Crippen LogP contribution >= 0.6 is 11.3 Å². The van der Waals surface area contributed by atoms with E-state index in [0.29, 0.717) is 36.9 Å². The van der Waals surface area contributed by atoms with Crippen LogP contribution in [-0.2, 0) is 4.74 Å². The first kappa shape index (κ1) is 21.0. The Balaban J connectivity index is 1.33. The summed E-state index contributed by atoms with van der Waals surface area (Å²) in [4.78, 5) is 26.0. The molecule has 5 heterocycles. The first-order valence-electron chi connectivity index (χ1n) is 11.0. The molecule has 2 aliphatic rings. The maximum Gasteiger partial charge on any atom is 0.321 e. The van der Waals surface area contributed by atoms with Crippen LogP contribution in [0, 0.1) is 5.95 Å². The van der Waals surface area contributed by atoms with Crippen LogP contribution < -0.4 is 20.7 Å².